The highest BCUT2D eigenvalue weighted by Gasteiger charge is 2.19. The number of halogens is 1. The van der Waals surface area contributed by atoms with E-state index in [0.717, 1.165) is 18.0 Å². The van der Waals surface area contributed by atoms with Crippen LogP contribution in [0, 0.1) is 0 Å². The first-order chi connectivity index (χ1) is 11.3. The molecule has 2 aromatic carbocycles. The van der Waals surface area contributed by atoms with Crippen molar-refractivity contribution in [3.63, 3.8) is 0 Å². The lowest BCUT2D eigenvalue weighted by molar-refractivity contribution is 0.786. The van der Waals surface area contributed by atoms with E-state index in [1.807, 2.05) is 12.1 Å². The third-order valence-electron chi connectivity index (χ3n) is 4.53. The first-order valence-electron chi connectivity index (χ1n) is 8.12. The third-order valence-corrected chi connectivity index (χ3v) is 4.85. The number of rotatable bonds is 2. The summed E-state index contributed by atoms with van der Waals surface area (Å²) in [5.41, 5.74) is 7.32. The van der Waals surface area contributed by atoms with Gasteiger partial charge in [0, 0.05) is 46.3 Å². The number of hydrogen-bond donors (Lipinski definition) is 2. The first-order valence-corrected chi connectivity index (χ1v) is 8.50. The standard InChI is InChI=1S/C20H19ClN2/c21-18-9-10-19-15(8-4-5-11-23-19)20(18)17-13-22-12-16(17)14-6-2-1-3-7-14/h1-3,6-7,9-10,12-13,22-23H,4-5,8,11H2. The quantitative estimate of drug-likeness (QED) is 0.617. The largest absolute Gasteiger partial charge is 0.385 e. The van der Waals surface area contributed by atoms with Crippen LogP contribution in [0.3, 0.4) is 0 Å². The molecule has 0 saturated heterocycles. The number of nitrogens with one attached hydrogen (secondary N) is 2. The van der Waals surface area contributed by atoms with Gasteiger partial charge in [0.05, 0.1) is 0 Å². The van der Waals surface area contributed by atoms with Gasteiger partial charge < -0.3 is 10.3 Å². The second-order valence-corrected chi connectivity index (χ2v) is 6.39. The van der Waals surface area contributed by atoms with Crippen LogP contribution in [-0.2, 0) is 6.42 Å². The molecule has 4 rings (SSSR count). The molecule has 0 radical (unpaired) electrons. The van der Waals surface area contributed by atoms with E-state index in [4.69, 9.17) is 11.6 Å². The molecule has 0 saturated carbocycles. The molecule has 1 aliphatic rings. The minimum Gasteiger partial charge on any atom is -0.385 e. The Hall–Kier alpha value is -2.19. The molecule has 1 aromatic heterocycles. The fraction of sp³-hybridized carbons (Fsp3) is 0.200. The SMILES string of the molecule is Clc1ccc2c(c1-c1c[nH]cc1-c1ccccc1)CCCCN2. The van der Waals surface area contributed by atoms with Crippen molar-refractivity contribution >= 4 is 17.3 Å². The molecule has 0 fully saturated rings. The number of aromatic nitrogens is 1. The number of aromatic amines is 1. The van der Waals surface area contributed by atoms with Gasteiger partial charge >= 0.3 is 0 Å². The summed E-state index contributed by atoms with van der Waals surface area (Å²) < 4.78 is 0. The maximum atomic E-state index is 6.62. The Bertz CT molecular complexity index is 821. The minimum absolute atomic E-state index is 0.823. The predicted octanol–water partition coefficient (Wildman–Crippen LogP) is 5.75. The van der Waals surface area contributed by atoms with Gasteiger partial charge in [-0.15, -0.1) is 0 Å². The number of H-pyrrole nitrogens is 1. The summed E-state index contributed by atoms with van der Waals surface area (Å²) >= 11 is 6.62. The van der Waals surface area contributed by atoms with Crippen molar-refractivity contribution in [3.8, 4) is 22.3 Å². The van der Waals surface area contributed by atoms with Gasteiger partial charge in [0.25, 0.3) is 0 Å². The lowest BCUT2D eigenvalue weighted by Crippen LogP contribution is -2.00. The van der Waals surface area contributed by atoms with Crippen molar-refractivity contribution in [1.82, 2.24) is 4.98 Å². The molecule has 0 unspecified atom stereocenters. The molecule has 0 spiro atoms. The fourth-order valence-electron chi connectivity index (χ4n) is 3.41. The molecule has 3 aromatic rings. The molecule has 0 bridgehead atoms. The maximum Gasteiger partial charge on any atom is 0.0489 e. The van der Waals surface area contributed by atoms with E-state index in [9.17, 15) is 0 Å². The molecule has 0 aliphatic carbocycles. The lowest BCUT2D eigenvalue weighted by Gasteiger charge is -2.16. The van der Waals surface area contributed by atoms with Crippen LogP contribution in [0.2, 0.25) is 5.02 Å². The molecular weight excluding hydrogens is 304 g/mol. The smallest absolute Gasteiger partial charge is 0.0489 e. The van der Waals surface area contributed by atoms with Crippen molar-refractivity contribution in [2.24, 2.45) is 0 Å². The van der Waals surface area contributed by atoms with Gasteiger partial charge in [-0.05, 0) is 42.5 Å². The molecule has 2 heterocycles. The van der Waals surface area contributed by atoms with E-state index in [1.165, 1.54) is 46.3 Å². The van der Waals surface area contributed by atoms with Gasteiger partial charge in [0.1, 0.15) is 0 Å². The monoisotopic (exact) mass is 322 g/mol. The fourth-order valence-corrected chi connectivity index (χ4v) is 3.69. The molecule has 0 amide bonds. The van der Waals surface area contributed by atoms with Crippen LogP contribution in [-0.4, -0.2) is 11.5 Å². The van der Waals surface area contributed by atoms with Gasteiger partial charge in [-0.2, -0.15) is 0 Å². The number of anilines is 1. The van der Waals surface area contributed by atoms with Gasteiger partial charge in [-0.25, -0.2) is 0 Å². The Labute approximate surface area is 141 Å². The van der Waals surface area contributed by atoms with Crippen LogP contribution in [0.15, 0.2) is 54.9 Å². The van der Waals surface area contributed by atoms with Gasteiger partial charge in [0.2, 0.25) is 0 Å². The van der Waals surface area contributed by atoms with E-state index >= 15 is 0 Å². The number of hydrogen-bond acceptors (Lipinski definition) is 1. The highest BCUT2D eigenvalue weighted by molar-refractivity contribution is 6.34. The Morgan fingerprint density at radius 1 is 0.870 bits per heavy atom. The van der Waals surface area contributed by atoms with Crippen molar-refractivity contribution in [2.45, 2.75) is 19.3 Å². The van der Waals surface area contributed by atoms with Crippen LogP contribution in [0.5, 0.6) is 0 Å². The Kier molecular flexibility index (Phi) is 3.84. The average Bonchev–Trinajstić information content (AvgIpc) is 2.93. The minimum atomic E-state index is 0.823. The summed E-state index contributed by atoms with van der Waals surface area (Å²) in [6, 6.07) is 14.6. The first kappa shape index (κ1) is 14.4. The second kappa shape index (κ2) is 6.13. The van der Waals surface area contributed by atoms with Crippen LogP contribution in [0.1, 0.15) is 18.4 Å². The van der Waals surface area contributed by atoms with Crippen molar-refractivity contribution in [2.75, 3.05) is 11.9 Å². The molecule has 23 heavy (non-hydrogen) atoms. The zero-order valence-electron chi connectivity index (χ0n) is 12.9. The topological polar surface area (TPSA) is 27.8 Å². The average molecular weight is 323 g/mol. The number of fused-ring (bicyclic) bond motifs is 1. The predicted molar refractivity (Wildman–Crippen MR) is 98.1 cm³/mol. The molecule has 0 atom stereocenters. The molecular formula is C20H19ClN2. The third kappa shape index (κ3) is 2.64. The molecule has 2 N–H and O–H groups in total. The summed E-state index contributed by atoms with van der Waals surface area (Å²) in [6.45, 7) is 1.03. The van der Waals surface area contributed by atoms with E-state index in [1.54, 1.807) is 0 Å². The van der Waals surface area contributed by atoms with Crippen LogP contribution in [0.4, 0.5) is 5.69 Å². The Balaban J connectivity index is 1.91. The van der Waals surface area contributed by atoms with Crippen molar-refractivity contribution in [3.05, 3.63) is 65.4 Å². The summed E-state index contributed by atoms with van der Waals surface area (Å²) in [5.74, 6) is 0. The summed E-state index contributed by atoms with van der Waals surface area (Å²) in [4.78, 5) is 3.27. The van der Waals surface area contributed by atoms with Crippen LogP contribution < -0.4 is 5.32 Å². The van der Waals surface area contributed by atoms with Gasteiger partial charge in [-0.3, -0.25) is 0 Å². The van der Waals surface area contributed by atoms with Crippen molar-refractivity contribution < 1.29 is 0 Å². The van der Waals surface area contributed by atoms with Gasteiger partial charge in [-0.1, -0.05) is 41.9 Å². The normalized spacial score (nSPS) is 14.0. The van der Waals surface area contributed by atoms with Crippen LogP contribution in [0.25, 0.3) is 22.3 Å². The summed E-state index contributed by atoms with van der Waals surface area (Å²) in [6.07, 6.45) is 7.58. The highest BCUT2D eigenvalue weighted by atomic mass is 35.5. The molecule has 3 heteroatoms. The zero-order chi connectivity index (χ0) is 15.6. The zero-order valence-corrected chi connectivity index (χ0v) is 13.7. The summed E-state index contributed by atoms with van der Waals surface area (Å²) in [5, 5.41) is 4.37. The molecule has 2 nitrogen and oxygen atoms in total. The van der Waals surface area contributed by atoms with Gasteiger partial charge in [0.15, 0.2) is 0 Å². The van der Waals surface area contributed by atoms with E-state index in [0.29, 0.717) is 0 Å². The summed E-state index contributed by atoms with van der Waals surface area (Å²) in [7, 11) is 0. The lowest BCUT2D eigenvalue weighted by atomic mass is 9.92. The Morgan fingerprint density at radius 2 is 1.70 bits per heavy atom. The Morgan fingerprint density at radius 3 is 2.57 bits per heavy atom. The molecule has 116 valence electrons. The second-order valence-electron chi connectivity index (χ2n) is 5.98. The highest BCUT2D eigenvalue weighted by Crippen LogP contribution is 2.42. The molecule has 1 aliphatic heterocycles. The van der Waals surface area contributed by atoms with E-state index < -0.39 is 0 Å². The van der Waals surface area contributed by atoms with Crippen LogP contribution >= 0.6 is 11.6 Å². The van der Waals surface area contributed by atoms with E-state index in [-0.39, 0.29) is 0 Å². The number of benzene rings is 2. The maximum absolute atomic E-state index is 6.62. The van der Waals surface area contributed by atoms with Crippen molar-refractivity contribution in [1.29, 1.82) is 0 Å². The van der Waals surface area contributed by atoms with E-state index in [2.05, 4.69) is 53.0 Å².